The number of hydrogen-bond donors (Lipinski definition) is 1. The van der Waals surface area contributed by atoms with Crippen molar-refractivity contribution in [2.45, 2.75) is 25.8 Å². The molecule has 22 heavy (non-hydrogen) atoms. The molecule has 1 aromatic carbocycles. The Hall–Kier alpha value is -2.62. The number of hydrogen-bond acceptors (Lipinski definition) is 2. The molecule has 0 aliphatic heterocycles. The maximum Gasteiger partial charge on any atom is 0.250 e. The van der Waals surface area contributed by atoms with Crippen LogP contribution in [-0.4, -0.2) is 15.5 Å². The Morgan fingerprint density at radius 3 is 2.64 bits per heavy atom. The van der Waals surface area contributed by atoms with Crippen LogP contribution in [0.15, 0.2) is 54.9 Å². The van der Waals surface area contributed by atoms with Crippen LogP contribution in [0.25, 0.3) is 11.0 Å². The summed E-state index contributed by atoms with van der Waals surface area (Å²) < 4.78 is 2.15. The molecule has 0 atom stereocenters. The molecular formula is C18H19N3O. The van der Waals surface area contributed by atoms with Crippen molar-refractivity contribution in [2.75, 3.05) is 0 Å². The molecule has 112 valence electrons. The molecule has 0 aliphatic rings. The second kappa shape index (κ2) is 5.30. The molecule has 0 fully saturated rings. The predicted octanol–water partition coefficient (Wildman–Crippen LogP) is 3.11. The Kier molecular flexibility index (Phi) is 3.45. The zero-order valence-corrected chi connectivity index (χ0v) is 12.8. The molecule has 0 bridgehead atoms. The molecule has 0 radical (unpaired) electrons. The van der Waals surface area contributed by atoms with E-state index in [9.17, 15) is 4.79 Å². The molecule has 0 saturated heterocycles. The van der Waals surface area contributed by atoms with Gasteiger partial charge in [-0.15, -0.1) is 0 Å². The molecule has 0 unspecified atom stereocenters. The normalized spacial score (nSPS) is 11.7. The summed E-state index contributed by atoms with van der Waals surface area (Å²) in [4.78, 5) is 15.7. The zero-order chi connectivity index (χ0) is 15.7. The van der Waals surface area contributed by atoms with Gasteiger partial charge in [0, 0.05) is 23.3 Å². The lowest BCUT2D eigenvalue weighted by Crippen LogP contribution is -2.28. The molecule has 4 nitrogen and oxygen atoms in total. The first-order chi connectivity index (χ1) is 10.5. The summed E-state index contributed by atoms with van der Waals surface area (Å²) in [6.07, 6.45) is 4.46. The lowest BCUT2D eigenvalue weighted by molar-refractivity contribution is 0.1000. The van der Waals surface area contributed by atoms with Crippen LogP contribution in [0.4, 0.5) is 0 Å². The van der Waals surface area contributed by atoms with E-state index in [2.05, 4.69) is 47.7 Å². The van der Waals surface area contributed by atoms with Gasteiger partial charge >= 0.3 is 0 Å². The largest absolute Gasteiger partial charge is 0.366 e. The number of rotatable bonds is 4. The van der Waals surface area contributed by atoms with Gasteiger partial charge in [-0.3, -0.25) is 4.79 Å². The van der Waals surface area contributed by atoms with Gasteiger partial charge in [-0.25, -0.2) is 4.98 Å². The van der Waals surface area contributed by atoms with Crippen molar-refractivity contribution in [1.82, 2.24) is 9.55 Å². The third-order valence-electron chi connectivity index (χ3n) is 3.94. The average Bonchev–Trinajstić information content (AvgIpc) is 2.91. The SMILES string of the molecule is CC(C)(Cc1ccccc1)n1ccc2cc(C(N)=O)cnc21. The van der Waals surface area contributed by atoms with Crippen LogP contribution in [-0.2, 0) is 12.0 Å². The molecule has 3 rings (SSSR count). The van der Waals surface area contributed by atoms with E-state index in [0.29, 0.717) is 5.56 Å². The molecule has 3 aromatic rings. The third kappa shape index (κ3) is 2.60. The van der Waals surface area contributed by atoms with E-state index in [1.165, 1.54) is 5.56 Å². The number of carbonyl (C=O) groups excluding carboxylic acids is 1. The minimum atomic E-state index is -0.453. The minimum absolute atomic E-state index is 0.121. The van der Waals surface area contributed by atoms with Crippen LogP contribution in [0, 0.1) is 0 Å². The van der Waals surface area contributed by atoms with E-state index in [1.807, 2.05) is 18.3 Å². The summed E-state index contributed by atoms with van der Waals surface area (Å²) in [5, 5.41) is 0.928. The van der Waals surface area contributed by atoms with Crippen LogP contribution in [0.2, 0.25) is 0 Å². The first kappa shape index (κ1) is 14.3. The van der Waals surface area contributed by atoms with Gasteiger partial charge in [0.1, 0.15) is 5.65 Å². The number of nitrogens with zero attached hydrogens (tertiary/aromatic N) is 2. The van der Waals surface area contributed by atoms with Crippen molar-refractivity contribution in [1.29, 1.82) is 0 Å². The molecule has 0 saturated carbocycles. The fraction of sp³-hybridized carbons (Fsp3) is 0.222. The van der Waals surface area contributed by atoms with Crippen LogP contribution >= 0.6 is 0 Å². The summed E-state index contributed by atoms with van der Waals surface area (Å²) in [6.45, 7) is 4.37. The van der Waals surface area contributed by atoms with Crippen molar-refractivity contribution >= 4 is 16.9 Å². The molecule has 0 spiro atoms. The Morgan fingerprint density at radius 1 is 1.23 bits per heavy atom. The second-order valence-corrected chi connectivity index (χ2v) is 6.16. The monoisotopic (exact) mass is 293 g/mol. The molecule has 2 N–H and O–H groups in total. The van der Waals surface area contributed by atoms with E-state index in [-0.39, 0.29) is 5.54 Å². The highest BCUT2D eigenvalue weighted by atomic mass is 16.1. The predicted molar refractivity (Wildman–Crippen MR) is 87.7 cm³/mol. The Labute approximate surface area is 129 Å². The van der Waals surface area contributed by atoms with Gasteiger partial charge < -0.3 is 10.3 Å². The minimum Gasteiger partial charge on any atom is -0.366 e. The van der Waals surface area contributed by atoms with E-state index >= 15 is 0 Å². The number of pyridine rings is 1. The number of carbonyl (C=O) groups is 1. The van der Waals surface area contributed by atoms with Gasteiger partial charge in [-0.2, -0.15) is 0 Å². The van der Waals surface area contributed by atoms with Gasteiger partial charge in [-0.05, 0) is 38.0 Å². The number of primary amides is 1. The maximum absolute atomic E-state index is 11.3. The second-order valence-electron chi connectivity index (χ2n) is 6.16. The van der Waals surface area contributed by atoms with Crippen LogP contribution < -0.4 is 5.73 Å². The topological polar surface area (TPSA) is 60.9 Å². The first-order valence-corrected chi connectivity index (χ1v) is 7.29. The Morgan fingerprint density at radius 2 is 1.95 bits per heavy atom. The van der Waals surface area contributed by atoms with Gasteiger partial charge in [0.25, 0.3) is 0 Å². The van der Waals surface area contributed by atoms with Crippen molar-refractivity contribution in [3.63, 3.8) is 0 Å². The van der Waals surface area contributed by atoms with Crippen molar-refractivity contribution in [3.8, 4) is 0 Å². The van der Waals surface area contributed by atoms with E-state index in [1.54, 1.807) is 12.3 Å². The summed E-state index contributed by atoms with van der Waals surface area (Å²) in [7, 11) is 0. The van der Waals surface area contributed by atoms with E-state index in [0.717, 1.165) is 17.5 Å². The molecule has 2 heterocycles. The average molecular weight is 293 g/mol. The lowest BCUT2D eigenvalue weighted by Gasteiger charge is -2.28. The Balaban J connectivity index is 2.00. The lowest BCUT2D eigenvalue weighted by atomic mass is 9.94. The number of amides is 1. The molecule has 0 aliphatic carbocycles. The quantitative estimate of drug-likeness (QED) is 0.803. The summed E-state index contributed by atoms with van der Waals surface area (Å²) >= 11 is 0. The smallest absolute Gasteiger partial charge is 0.250 e. The maximum atomic E-state index is 11.3. The molecule has 4 heteroatoms. The molecular weight excluding hydrogens is 274 g/mol. The standard InChI is InChI=1S/C18H19N3O/c1-18(2,11-13-6-4-3-5-7-13)21-9-8-14-10-15(16(19)22)12-20-17(14)21/h3-10,12H,11H2,1-2H3,(H2,19,22). The van der Waals surface area contributed by atoms with Crippen LogP contribution in [0.3, 0.4) is 0 Å². The highest BCUT2D eigenvalue weighted by Gasteiger charge is 2.23. The van der Waals surface area contributed by atoms with E-state index in [4.69, 9.17) is 5.73 Å². The molecule has 2 aromatic heterocycles. The summed E-state index contributed by atoms with van der Waals surface area (Å²) in [5.41, 5.74) is 7.78. The number of benzene rings is 1. The number of fused-ring (bicyclic) bond motifs is 1. The first-order valence-electron chi connectivity index (χ1n) is 7.29. The summed E-state index contributed by atoms with van der Waals surface area (Å²) in [6, 6.07) is 14.2. The third-order valence-corrected chi connectivity index (χ3v) is 3.94. The van der Waals surface area contributed by atoms with E-state index < -0.39 is 5.91 Å². The van der Waals surface area contributed by atoms with Crippen LogP contribution in [0.5, 0.6) is 0 Å². The van der Waals surface area contributed by atoms with Gasteiger partial charge in [0.05, 0.1) is 5.56 Å². The number of nitrogens with two attached hydrogens (primary N) is 1. The highest BCUT2D eigenvalue weighted by Crippen LogP contribution is 2.26. The van der Waals surface area contributed by atoms with Gasteiger partial charge in [0.2, 0.25) is 5.91 Å². The fourth-order valence-corrected chi connectivity index (χ4v) is 2.83. The van der Waals surface area contributed by atoms with Gasteiger partial charge in [-0.1, -0.05) is 30.3 Å². The highest BCUT2D eigenvalue weighted by molar-refractivity contribution is 5.95. The van der Waals surface area contributed by atoms with Crippen molar-refractivity contribution in [2.24, 2.45) is 5.73 Å². The molecule has 1 amide bonds. The van der Waals surface area contributed by atoms with Crippen LogP contribution in [0.1, 0.15) is 29.8 Å². The van der Waals surface area contributed by atoms with Gasteiger partial charge in [0.15, 0.2) is 0 Å². The Bertz CT molecular complexity index is 819. The zero-order valence-electron chi connectivity index (χ0n) is 12.8. The van der Waals surface area contributed by atoms with Crippen molar-refractivity contribution < 1.29 is 4.79 Å². The summed E-state index contributed by atoms with van der Waals surface area (Å²) in [5.74, 6) is -0.453. The number of aromatic nitrogens is 2. The van der Waals surface area contributed by atoms with Crippen molar-refractivity contribution in [3.05, 3.63) is 66.0 Å². The fourth-order valence-electron chi connectivity index (χ4n) is 2.83.